The largest absolute Gasteiger partial charge is 0.462 e. The Kier molecular flexibility index (Phi) is 25.9. The lowest BCUT2D eigenvalue weighted by Crippen LogP contribution is -2.18. The van der Waals surface area contributed by atoms with Crippen molar-refractivity contribution >= 4 is 11.9 Å². The number of carbonyl (C=O) groups is 2. The molecule has 2 atom stereocenters. The first kappa shape index (κ1) is 37.0. The maximum Gasteiger partial charge on any atom is 0.306 e. The molecule has 0 saturated carbocycles. The number of rotatable bonds is 10. The molecule has 2 unspecified atom stereocenters. The summed E-state index contributed by atoms with van der Waals surface area (Å²) in [6, 6.07) is 0. The van der Waals surface area contributed by atoms with Crippen LogP contribution in [-0.2, 0) is 19.1 Å². The van der Waals surface area contributed by atoms with E-state index in [-0.39, 0.29) is 24.1 Å². The minimum Gasteiger partial charge on any atom is -0.462 e. The summed E-state index contributed by atoms with van der Waals surface area (Å²) in [5, 5.41) is 0. The van der Waals surface area contributed by atoms with Crippen molar-refractivity contribution in [3.05, 3.63) is 0 Å². The second-order valence-corrected chi connectivity index (χ2v) is 12.7. The topological polar surface area (TPSA) is 52.6 Å². The number of unbranched alkanes of at least 4 members (excludes halogenated alkanes) is 6. The highest BCUT2D eigenvalue weighted by molar-refractivity contribution is 5.69. The van der Waals surface area contributed by atoms with Crippen molar-refractivity contribution in [2.45, 2.75) is 219 Å². The van der Waals surface area contributed by atoms with Crippen molar-refractivity contribution < 1.29 is 19.1 Å². The van der Waals surface area contributed by atoms with Gasteiger partial charge in [0.05, 0.1) is 0 Å². The molecule has 0 aliphatic carbocycles. The third-order valence-corrected chi connectivity index (χ3v) is 8.67. The minimum atomic E-state index is 0.0341. The van der Waals surface area contributed by atoms with Crippen molar-refractivity contribution in [2.75, 3.05) is 0 Å². The van der Waals surface area contributed by atoms with E-state index in [9.17, 15) is 9.59 Å². The lowest BCUT2D eigenvalue weighted by atomic mass is 10.0. The highest BCUT2D eigenvalue weighted by atomic mass is 16.5. The third kappa shape index (κ3) is 23.6. The Balaban J connectivity index is 2.46. The Morgan fingerprint density at radius 3 is 1.12 bits per heavy atom. The lowest BCUT2D eigenvalue weighted by molar-refractivity contribution is -0.151. The van der Waals surface area contributed by atoms with Gasteiger partial charge in [0.25, 0.3) is 0 Å². The van der Waals surface area contributed by atoms with Crippen LogP contribution in [-0.4, -0.2) is 24.1 Å². The molecule has 0 bridgehead atoms. The average molecular weight is 565 g/mol. The van der Waals surface area contributed by atoms with Gasteiger partial charge >= 0.3 is 11.9 Å². The molecule has 0 N–H and O–H groups in total. The molecule has 0 amide bonds. The Hall–Kier alpha value is -1.06. The molecule has 1 heterocycles. The smallest absolute Gasteiger partial charge is 0.306 e. The van der Waals surface area contributed by atoms with Gasteiger partial charge in [-0.3, -0.25) is 9.59 Å². The highest BCUT2D eigenvalue weighted by Gasteiger charge is 2.15. The molecule has 0 aromatic carbocycles. The fourth-order valence-corrected chi connectivity index (χ4v) is 6.02. The van der Waals surface area contributed by atoms with E-state index < -0.39 is 0 Å². The summed E-state index contributed by atoms with van der Waals surface area (Å²) in [6.45, 7) is 4.49. The molecule has 4 heteroatoms. The van der Waals surface area contributed by atoms with Crippen LogP contribution in [0.5, 0.6) is 0 Å². The molecule has 1 rings (SSSR count). The zero-order chi connectivity index (χ0) is 28.9. The first-order chi connectivity index (χ1) is 19.7. The van der Waals surface area contributed by atoms with Crippen molar-refractivity contribution in [2.24, 2.45) is 0 Å². The van der Waals surface area contributed by atoms with Gasteiger partial charge in [0.2, 0.25) is 0 Å². The maximum atomic E-state index is 12.5. The Morgan fingerprint density at radius 1 is 0.450 bits per heavy atom. The second-order valence-electron chi connectivity index (χ2n) is 12.7. The normalized spacial score (nSPS) is 23.2. The molecule has 0 radical (unpaired) electrons. The van der Waals surface area contributed by atoms with E-state index in [4.69, 9.17) is 9.47 Å². The minimum absolute atomic E-state index is 0.0341. The molecule has 1 aliphatic rings. The van der Waals surface area contributed by atoms with E-state index in [1.165, 1.54) is 116 Å². The predicted molar refractivity (Wildman–Crippen MR) is 170 cm³/mol. The van der Waals surface area contributed by atoms with Gasteiger partial charge in [-0.2, -0.15) is 0 Å². The molecule has 0 aromatic heterocycles. The number of esters is 2. The molecule has 0 spiro atoms. The first-order valence-corrected chi connectivity index (χ1v) is 18.0. The Labute approximate surface area is 249 Å². The van der Waals surface area contributed by atoms with Gasteiger partial charge in [-0.15, -0.1) is 0 Å². The summed E-state index contributed by atoms with van der Waals surface area (Å²) in [4.78, 5) is 25.1. The summed E-state index contributed by atoms with van der Waals surface area (Å²) in [5.41, 5.74) is 0. The van der Waals surface area contributed by atoms with Gasteiger partial charge in [-0.1, -0.05) is 129 Å². The van der Waals surface area contributed by atoms with E-state index in [2.05, 4.69) is 13.8 Å². The van der Waals surface area contributed by atoms with Gasteiger partial charge in [0, 0.05) is 12.8 Å². The van der Waals surface area contributed by atoms with Gasteiger partial charge in [-0.05, 0) is 64.2 Å². The standard InChI is InChI=1S/C36H68O4/c1-3-5-7-21-27-33-29-23-17-13-9-11-16-20-26-32-36(38)40-34(28-22-8-6-4-2)30-24-18-14-10-12-15-19-25-31-35(37)39-33/h33-34H,3-32H2,1-2H3. The van der Waals surface area contributed by atoms with E-state index in [1.807, 2.05) is 0 Å². The molecule has 1 aliphatic heterocycles. The van der Waals surface area contributed by atoms with Crippen molar-refractivity contribution in [3.63, 3.8) is 0 Å². The van der Waals surface area contributed by atoms with Gasteiger partial charge < -0.3 is 9.47 Å². The van der Waals surface area contributed by atoms with Crippen LogP contribution in [0.2, 0.25) is 0 Å². The number of hydrogen-bond donors (Lipinski definition) is 0. The SMILES string of the molecule is CCCCCCC1CCCCCCCCCCC(=O)OC(CCCCCC)CCCCCCCCCCC(=O)O1. The van der Waals surface area contributed by atoms with Crippen LogP contribution in [0.4, 0.5) is 0 Å². The van der Waals surface area contributed by atoms with Crippen LogP contribution in [0.25, 0.3) is 0 Å². The van der Waals surface area contributed by atoms with Crippen molar-refractivity contribution in [1.82, 2.24) is 0 Å². The van der Waals surface area contributed by atoms with Gasteiger partial charge in [0.1, 0.15) is 12.2 Å². The summed E-state index contributed by atoms with van der Waals surface area (Å²) in [6.07, 6.45) is 34.4. The highest BCUT2D eigenvalue weighted by Crippen LogP contribution is 2.20. The third-order valence-electron chi connectivity index (χ3n) is 8.67. The number of hydrogen-bond acceptors (Lipinski definition) is 4. The molecular weight excluding hydrogens is 496 g/mol. The molecule has 4 nitrogen and oxygen atoms in total. The van der Waals surface area contributed by atoms with E-state index >= 15 is 0 Å². The second kappa shape index (κ2) is 28.1. The van der Waals surface area contributed by atoms with Crippen molar-refractivity contribution in [1.29, 1.82) is 0 Å². The molecule has 1 saturated heterocycles. The number of ether oxygens (including phenoxy) is 2. The van der Waals surface area contributed by atoms with E-state index in [0.717, 1.165) is 64.2 Å². The first-order valence-electron chi connectivity index (χ1n) is 18.0. The maximum absolute atomic E-state index is 12.5. The van der Waals surface area contributed by atoms with Gasteiger partial charge in [0.15, 0.2) is 0 Å². The summed E-state index contributed by atoms with van der Waals surface area (Å²) in [5.74, 6) is 0.0683. The van der Waals surface area contributed by atoms with Crippen LogP contribution in [0.3, 0.4) is 0 Å². The summed E-state index contributed by atoms with van der Waals surface area (Å²) < 4.78 is 11.9. The summed E-state index contributed by atoms with van der Waals surface area (Å²) >= 11 is 0. The van der Waals surface area contributed by atoms with E-state index in [0.29, 0.717) is 12.8 Å². The fraction of sp³-hybridized carbons (Fsp3) is 0.944. The Bertz CT molecular complexity index is 525. The number of carbonyl (C=O) groups excluding carboxylic acids is 2. The molecule has 236 valence electrons. The molecule has 1 fully saturated rings. The van der Waals surface area contributed by atoms with Crippen LogP contribution in [0.1, 0.15) is 206 Å². The van der Waals surface area contributed by atoms with Crippen LogP contribution in [0.15, 0.2) is 0 Å². The molecule has 0 aromatic rings. The number of cyclic esters (lactones) is 2. The monoisotopic (exact) mass is 565 g/mol. The quantitative estimate of drug-likeness (QED) is 0.195. The average Bonchev–Trinajstić information content (AvgIpc) is 2.94. The zero-order valence-electron chi connectivity index (χ0n) is 27.0. The van der Waals surface area contributed by atoms with Crippen LogP contribution in [0, 0.1) is 0 Å². The molecule has 40 heavy (non-hydrogen) atoms. The lowest BCUT2D eigenvalue weighted by Gasteiger charge is -2.18. The zero-order valence-corrected chi connectivity index (χ0v) is 27.0. The fourth-order valence-electron chi connectivity index (χ4n) is 6.02. The van der Waals surface area contributed by atoms with Crippen molar-refractivity contribution in [3.8, 4) is 0 Å². The molecular formula is C36H68O4. The Morgan fingerprint density at radius 2 is 0.775 bits per heavy atom. The van der Waals surface area contributed by atoms with Crippen LogP contribution >= 0.6 is 0 Å². The predicted octanol–water partition coefficient (Wildman–Crippen LogP) is 11.6. The van der Waals surface area contributed by atoms with E-state index in [1.54, 1.807) is 0 Å². The summed E-state index contributed by atoms with van der Waals surface area (Å²) in [7, 11) is 0. The van der Waals surface area contributed by atoms with Crippen LogP contribution < -0.4 is 0 Å². The van der Waals surface area contributed by atoms with Gasteiger partial charge in [-0.25, -0.2) is 0 Å².